The molecule has 0 saturated carbocycles. The van der Waals surface area contributed by atoms with Gasteiger partial charge < -0.3 is 0 Å². The first-order valence-electron chi connectivity index (χ1n) is 11.9. The number of nitrogens with zero attached hydrogens (tertiary/aromatic N) is 2. The molecule has 0 fully saturated rings. The van der Waals surface area contributed by atoms with E-state index in [0.717, 1.165) is 50.1 Å². The molecule has 6 aromatic rings. The van der Waals surface area contributed by atoms with E-state index in [9.17, 15) is 4.39 Å². The van der Waals surface area contributed by atoms with Crippen LogP contribution in [0.4, 0.5) is 4.39 Å². The third-order valence-corrected chi connectivity index (χ3v) is 7.49. The molecule has 3 aromatic heterocycles. The summed E-state index contributed by atoms with van der Waals surface area (Å²) in [5.74, 6) is -0.249. The van der Waals surface area contributed by atoms with Crippen molar-refractivity contribution >= 4 is 21.4 Å². The summed E-state index contributed by atoms with van der Waals surface area (Å²) in [6, 6.07) is 29.9. The summed E-state index contributed by atoms with van der Waals surface area (Å²) in [6.07, 6.45) is 4.37. The van der Waals surface area contributed by atoms with Crippen LogP contribution in [0.25, 0.3) is 43.7 Å². The Balaban J connectivity index is 1.61. The molecule has 0 aliphatic carbocycles. The highest BCUT2D eigenvalue weighted by Gasteiger charge is 2.21. The fraction of sp³-hybridized carbons (Fsp3) is 0.0625. The number of benzene rings is 3. The minimum absolute atomic E-state index is 0.249. The first-order valence-corrected chi connectivity index (χ1v) is 12.8. The molecular formula is C32H23FN2S. The zero-order valence-corrected chi connectivity index (χ0v) is 20.6. The number of pyridine rings is 2. The number of hydrogen-bond donors (Lipinski definition) is 0. The van der Waals surface area contributed by atoms with Crippen molar-refractivity contribution in [2.45, 2.75) is 13.3 Å². The Bertz CT molecular complexity index is 1670. The first kappa shape index (κ1) is 22.3. The Labute approximate surface area is 213 Å². The number of rotatable bonds is 5. The van der Waals surface area contributed by atoms with E-state index in [0.29, 0.717) is 5.56 Å². The number of hydrogen-bond acceptors (Lipinski definition) is 3. The third kappa shape index (κ3) is 4.10. The van der Waals surface area contributed by atoms with Crippen LogP contribution in [-0.2, 0) is 6.42 Å². The van der Waals surface area contributed by atoms with Gasteiger partial charge in [0.25, 0.3) is 0 Å². The number of thiophene rings is 1. The van der Waals surface area contributed by atoms with Gasteiger partial charge >= 0.3 is 0 Å². The van der Waals surface area contributed by atoms with Crippen LogP contribution in [0.5, 0.6) is 0 Å². The molecule has 3 heterocycles. The van der Waals surface area contributed by atoms with Crippen LogP contribution in [0.15, 0.2) is 109 Å². The second-order valence-corrected chi connectivity index (χ2v) is 9.77. The number of fused-ring (bicyclic) bond motifs is 1. The molecule has 174 valence electrons. The van der Waals surface area contributed by atoms with Crippen molar-refractivity contribution in [1.82, 2.24) is 9.97 Å². The summed E-state index contributed by atoms with van der Waals surface area (Å²) < 4.78 is 15.9. The van der Waals surface area contributed by atoms with Crippen LogP contribution in [0, 0.1) is 12.7 Å². The molecule has 0 aliphatic heterocycles. The highest BCUT2D eigenvalue weighted by atomic mass is 32.1. The average Bonchev–Trinajstić information content (AvgIpc) is 3.36. The lowest BCUT2D eigenvalue weighted by Gasteiger charge is -2.13. The molecular weight excluding hydrogens is 463 g/mol. The van der Waals surface area contributed by atoms with E-state index in [1.807, 2.05) is 30.5 Å². The molecule has 0 bridgehead atoms. The van der Waals surface area contributed by atoms with Crippen molar-refractivity contribution in [2.75, 3.05) is 0 Å². The van der Waals surface area contributed by atoms with Crippen molar-refractivity contribution in [3.8, 4) is 33.6 Å². The van der Waals surface area contributed by atoms with Crippen molar-refractivity contribution in [3.05, 3.63) is 131 Å². The maximum atomic E-state index is 14.9. The molecule has 0 N–H and O–H groups in total. The molecule has 0 aliphatic rings. The van der Waals surface area contributed by atoms with E-state index in [-0.39, 0.29) is 5.82 Å². The maximum absolute atomic E-state index is 14.9. The fourth-order valence-corrected chi connectivity index (χ4v) is 5.75. The fourth-order valence-electron chi connectivity index (χ4n) is 4.65. The zero-order valence-electron chi connectivity index (χ0n) is 19.8. The van der Waals surface area contributed by atoms with Gasteiger partial charge in [0, 0.05) is 39.2 Å². The van der Waals surface area contributed by atoms with Crippen LogP contribution in [0.2, 0.25) is 0 Å². The van der Waals surface area contributed by atoms with Crippen molar-refractivity contribution in [1.29, 1.82) is 0 Å². The van der Waals surface area contributed by atoms with Gasteiger partial charge in [0.15, 0.2) is 0 Å². The zero-order chi connectivity index (χ0) is 24.5. The standard InChI is InChI=1S/C32H23FN2S/c1-21-13-15-23(16-14-21)27-20-36-32-26(25-11-5-6-12-28(25)33)19-35-31(29(27)32)30-24(10-7-17-34-30)18-22-8-3-2-4-9-22/h2-17,19-20H,18H2,1H3. The Morgan fingerprint density at radius 3 is 2.31 bits per heavy atom. The van der Waals surface area contributed by atoms with Crippen LogP contribution in [0.1, 0.15) is 16.7 Å². The van der Waals surface area contributed by atoms with Crippen molar-refractivity contribution in [3.63, 3.8) is 0 Å². The van der Waals surface area contributed by atoms with Gasteiger partial charge in [0.2, 0.25) is 0 Å². The normalized spacial score (nSPS) is 11.2. The lowest BCUT2D eigenvalue weighted by Crippen LogP contribution is -1.98. The molecule has 4 heteroatoms. The van der Waals surface area contributed by atoms with E-state index in [1.54, 1.807) is 23.6 Å². The van der Waals surface area contributed by atoms with Crippen molar-refractivity contribution in [2.24, 2.45) is 0 Å². The van der Waals surface area contributed by atoms with Gasteiger partial charge in [-0.25, -0.2) is 4.39 Å². The summed E-state index contributed by atoms with van der Waals surface area (Å²) in [5, 5.41) is 3.17. The third-order valence-electron chi connectivity index (χ3n) is 6.47. The minimum Gasteiger partial charge on any atom is -0.254 e. The smallest absolute Gasteiger partial charge is 0.131 e. The van der Waals surface area contributed by atoms with Gasteiger partial charge in [0.1, 0.15) is 5.82 Å². The molecule has 6 rings (SSSR count). The number of aryl methyl sites for hydroxylation is 1. The molecule has 0 radical (unpaired) electrons. The van der Waals surface area contributed by atoms with Crippen LogP contribution in [0.3, 0.4) is 0 Å². The van der Waals surface area contributed by atoms with E-state index < -0.39 is 0 Å². The topological polar surface area (TPSA) is 25.8 Å². The van der Waals surface area contributed by atoms with E-state index in [2.05, 4.69) is 66.9 Å². The van der Waals surface area contributed by atoms with Crippen LogP contribution < -0.4 is 0 Å². The second kappa shape index (κ2) is 9.48. The monoisotopic (exact) mass is 486 g/mol. The molecule has 0 unspecified atom stereocenters. The Morgan fingerprint density at radius 2 is 1.50 bits per heavy atom. The van der Waals surface area contributed by atoms with E-state index in [4.69, 9.17) is 9.97 Å². The molecule has 0 saturated heterocycles. The van der Waals surface area contributed by atoms with Gasteiger partial charge in [0.05, 0.1) is 11.4 Å². The largest absolute Gasteiger partial charge is 0.254 e. The summed E-state index contributed by atoms with van der Waals surface area (Å²) in [7, 11) is 0. The average molecular weight is 487 g/mol. The van der Waals surface area contributed by atoms with Gasteiger partial charge in [-0.1, -0.05) is 84.4 Å². The predicted molar refractivity (Wildman–Crippen MR) is 148 cm³/mol. The van der Waals surface area contributed by atoms with Gasteiger partial charge in [-0.2, -0.15) is 0 Å². The molecule has 0 amide bonds. The lowest BCUT2D eigenvalue weighted by atomic mass is 9.95. The summed E-state index contributed by atoms with van der Waals surface area (Å²) in [4.78, 5) is 9.76. The maximum Gasteiger partial charge on any atom is 0.131 e. The molecule has 0 spiro atoms. The summed E-state index contributed by atoms with van der Waals surface area (Å²) in [5.41, 5.74) is 8.78. The van der Waals surface area contributed by atoms with Gasteiger partial charge in [-0.3, -0.25) is 9.97 Å². The molecule has 36 heavy (non-hydrogen) atoms. The quantitative estimate of drug-likeness (QED) is 0.243. The van der Waals surface area contributed by atoms with Crippen molar-refractivity contribution < 1.29 is 4.39 Å². The first-order chi connectivity index (χ1) is 17.7. The Hall–Kier alpha value is -4.15. The van der Waals surface area contributed by atoms with E-state index >= 15 is 0 Å². The van der Waals surface area contributed by atoms with E-state index in [1.165, 1.54) is 17.2 Å². The highest BCUT2D eigenvalue weighted by Crippen LogP contribution is 2.44. The van der Waals surface area contributed by atoms with Crippen LogP contribution >= 0.6 is 11.3 Å². The molecule has 2 nitrogen and oxygen atoms in total. The predicted octanol–water partition coefficient (Wildman–Crippen LogP) is 8.73. The minimum atomic E-state index is -0.249. The van der Waals surface area contributed by atoms with Crippen LogP contribution in [-0.4, -0.2) is 9.97 Å². The summed E-state index contributed by atoms with van der Waals surface area (Å²) in [6.45, 7) is 2.09. The molecule has 3 aromatic carbocycles. The highest BCUT2D eigenvalue weighted by molar-refractivity contribution is 7.18. The number of aromatic nitrogens is 2. The second-order valence-electron chi connectivity index (χ2n) is 8.89. The van der Waals surface area contributed by atoms with Gasteiger partial charge in [-0.15, -0.1) is 11.3 Å². The molecule has 0 atom stereocenters. The Kier molecular flexibility index (Phi) is 5.88. The number of halogens is 1. The Morgan fingerprint density at radius 1 is 0.722 bits per heavy atom. The lowest BCUT2D eigenvalue weighted by molar-refractivity contribution is 0.631. The summed E-state index contributed by atoms with van der Waals surface area (Å²) >= 11 is 1.63. The SMILES string of the molecule is Cc1ccc(-c2csc3c(-c4ccccc4F)cnc(-c4ncccc4Cc4ccccc4)c23)cc1. The van der Waals surface area contributed by atoms with Gasteiger partial charge in [-0.05, 0) is 47.5 Å².